The van der Waals surface area contributed by atoms with Crippen LogP contribution >= 0.6 is 0 Å². The fourth-order valence-corrected chi connectivity index (χ4v) is 1.52. The number of hydrogen-bond donors (Lipinski definition) is 2. The van der Waals surface area contributed by atoms with Crippen molar-refractivity contribution in [1.29, 1.82) is 0 Å². The molecule has 17 heavy (non-hydrogen) atoms. The second kappa shape index (κ2) is 5.98. The molecule has 1 unspecified atom stereocenters. The predicted molar refractivity (Wildman–Crippen MR) is 58.1 cm³/mol. The van der Waals surface area contributed by atoms with Crippen LogP contribution in [-0.4, -0.2) is 22.2 Å². The Morgan fingerprint density at radius 3 is 2.24 bits per heavy atom. The van der Waals surface area contributed by atoms with E-state index in [0.717, 1.165) is 5.56 Å². The van der Waals surface area contributed by atoms with E-state index in [-0.39, 0.29) is 12.2 Å². The molecular formula is C12H13FO4. The third-order valence-electron chi connectivity index (χ3n) is 2.46. The van der Waals surface area contributed by atoms with Crippen molar-refractivity contribution in [3.63, 3.8) is 0 Å². The van der Waals surface area contributed by atoms with Crippen LogP contribution in [0.3, 0.4) is 0 Å². The molecule has 2 N–H and O–H groups in total. The summed E-state index contributed by atoms with van der Waals surface area (Å²) in [6.45, 7) is 0. The third kappa shape index (κ3) is 4.63. The Bertz CT molecular complexity index is 399. The van der Waals surface area contributed by atoms with Gasteiger partial charge in [0, 0.05) is 0 Å². The normalized spacial score (nSPS) is 12.1. The van der Waals surface area contributed by atoms with Gasteiger partial charge in [-0.15, -0.1) is 0 Å². The fraction of sp³-hybridized carbons (Fsp3) is 0.333. The molecule has 0 saturated heterocycles. The van der Waals surface area contributed by atoms with Gasteiger partial charge in [-0.1, -0.05) is 12.1 Å². The Labute approximate surface area is 97.7 Å². The predicted octanol–water partition coefficient (Wildman–Crippen LogP) is 1.93. The highest BCUT2D eigenvalue weighted by atomic mass is 19.1. The summed E-state index contributed by atoms with van der Waals surface area (Å²) in [5.74, 6) is -3.50. The lowest BCUT2D eigenvalue weighted by Crippen LogP contribution is -2.18. The van der Waals surface area contributed by atoms with E-state index in [1.807, 2.05) is 0 Å². The van der Waals surface area contributed by atoms with E-state index in [1.54, 1.807) is 12.1 Å². The molecule has 0 aliphatic rings. The molecule has 92 valence electrons. The second-order valence-electron chi connectivity index (χ2n) is 3.80. The van der Waals surface area contributed by atoms with Crippen molar-refractivity contribution in [1.82, 2.24) is 0 Å². The average molecular weight is 240 g/mol. The first kappa shape index (κ1) is 13.2. The summed E-state index contributed by atoms with van der Waals surface area (Å²) in [7, 11) is 0. The van der Waals surface area contributed by atoms with E-state index in [1.165, 1.54) is 12.1 Å². The Morgan fingerprint density at radius 2 is 1.76 bits per heavy atom. The number of carboxylic acids is 2. The molecule has 0 heterocycles. The Morgan fingerprint density at radius 1 is 1.18 bits per heavy atom. The van der Waals surface area contributed by atoms with Crippen LogP contribution in [0.25, 0.3) is 0 Å². The number of rotatable bonds is 6. The molecule has 1 atom stereocenters. The van der Waals surface area contributed by atoms with Crippen LogP contribution < -0.4 is 0 Å². The van der Waals surface area contributed by atoms with Crippen molar-refractivity contribution >= 4 is 11.9 Å². The van der Waals surface area contributed by atoms with Gasteiger partial charge >= 0.3 is 11.9 Å². The van der Waals surface area contributed by atoms with Crippen LogP contribution in [-0.2, 0) is 16.0 Å². The van der Waals surface area contributed by atoms with Gasteiger partial charge in [-0.25, -0.2) is 4.39 Å². The molecular weight excluding hydrogens is 227 g/mol. The standard InChI is InChI=1S/C12H13FO4/c13-10-5-2-8(3-6-10)1-4-9(12(16)17)7-11(14)15/h2-3,5-6,9H,1,4,7H2,(H,14,15)(H,16,17). The van der Waals surface area contributed by atoms with Gasteiger partial charge in [-0.2, -0.15) is 0 Å². The van der Waals surface area contributed by atoms with Crippen molar-refractivity contribution in [2.75, 3.05) is 0 Å². The van der Waals surface area contributed by atoms with E-state index in [4.69, 9.17) is 10.2 Å². The van der Waals surface area contributed by atoms with Crippen LogP contribution in [0, 0.1) is 11.7 Å². The van der Waals surface area contributed by atoms with E-state index in [2.05, 4.69) is 0 Å². The van der Waals surface area contributed by atoms with Crippen LogP contribution in [0.15, 0.2) is 24.3 Å². The minimum atomic E-state index is -1.13. The lowest BCUT2D eigenvalue weighted by Gasteiger charge is -2.09. The highest BCUT2D eigenvalue weighted by Crippen LogP contribution is 2.14. The van der Waals surface area contributed by atoms with Gasteiger partial charge < -0.3 is 10.2 Å². The summed E-state index contributed by atoms with van der Waals surface area (Å²) in [6.07, 6.45) is 0.258. The topological polar surface area (TPSA) is 74.6 Å². The zero-order valence-corrected chi connectivity index (χ0v) is 9.10. The van der Waals surface area contributed by atoms with Gasteiger partial charge in [-0.05, 0) is 30.5 Å². The molecule has 1 aromatic carbocycles. The zero-order valence-electron chi connectivity index (χ0n) is 9.10. The highest BCUT2D eigenvalue weighted by molar-refractivity contribution is 5.77. The zero-order chi connectivity index (χ0) is 12.8. The largest absolute Gasteiger partial charge is 0.481 e. The molecule has 0 saturated carbocycles. The monoisotopic (exact) mass is 240 g/mol. The summed E-state index contributed by atoms with van der Waals surface area (Å²) in [5.41, 5.74) is 0.794. The Hall–Kier alpha value is -1.91. The van der Waals surface area contributed by atoms with E-state index >= 15 is 0 Å². The van der Waals surface area contributed by atoms with Crippen LogP contribution in [0.5, 0.6) is 0 Å². The summed E-state index contributed by atoms with van der Waals surface area (Å²) in [5, 5.41) is 17.4. The number of carboxylic acid groups (broad SMARTS) is 2. The van der Waals surface area contributed by atoms with Crippen LogP contribution in [0.2, 0.25) is 0 Å². The first-order valence-electron chi connectivity index (χ1n) is 5.18. The molecule has 0 bridgehead atoms. The maximum absolute atomic E-state index is 12.6. The van der Waals surface area contributed by atoms with Crippen LogP contribution in [0.4, 0.5) is 4.39 Å². The van der Waals surface area contributed by atoms with Gasteiger partial charge in [-0.3, -0.25) is 9.59 Å². The van der Waals surface area contributed by atoms with Gasteiger partial charge in [0.15, 0.2) is 0 Å². The molecule has 0 spiro atoms. The first-order valence-corrected chi connectivity index (χ1v) is 5.18. The smallest absolute Gasteiger partial charge is 0.307 e. The molecule has 0 aliphatic carbocycles. The molecule has 0 fully saturated rings. The lowest BCUT2D eigenvalue weighted by atomic mass is 9.96. The molecule has 0 radical (unpaired) electrons. The van der Waals surface area contributed by atoms with E-state index in [9.17, 15) is 14.0 Å². The molecule has 4 nitrogen and oxygen atoms in total. The van der Waals surface area contributed by atoms with Gasteiger partial charge in [0.25, 0.3) is 0 Å². The average Bonchev–Trinajstić information content (AvgIpc) is 2.25. The number of carbonyl (C=O) groups is 2. The number of aliphatic carboxylic acids is 2. The molecule has 1 aromatic rings. The molecule has 0 aliphatic heterocycles. The second-order valence-corrected chi connectivity index (χ2v) is 3.80. The van der Waals surface area contributed by atoms with Crippen molar-refractivity contribution in [3.05, 3.63) is 35.6 Å². The molecule has 0 aromatic heterocycles. The summed E-state index contributed by atoms with van der Waals surface area (Å²) in [6, 6.07) is 5.72. The molecule has 5 heteroatoms. The maximum atomic E-state index is 12.6. The summed E-state index contributed by atoms with van der Waals surface area (Å²) in [4.78, 5) is 21.2. The summed E-state index contributed by atoms with van der Waals surface area (Å²) < 4.78 is 12.6. The first-order chi connectivity index (χ1) is 7.99. The highest BCUT2D eigenvalue weighted by Gasteiger charge is 2.20. The van der Waals surface area contributed by atoms with Gasteiger partial charge in [0.05, 0.1) is 12.3 Å². The Kier molecular flexibility index (Phi) is 4.63. The van der Waals surface area contributed by atoms with E-state index < -0.39 is 24.3 Å². The molecule has 0 amide bonds. The van der Waals surface area contributed by atoms with E-state index in [0.29, 0.717) is 6.42 Å². The van der Waals surface area contributed by atoms with Crippen molar-refractivity contribution in [3.8, 4) is 0 Å². The van der Waals surface area contributed by atoms with Crippen LogP contribution in [0.1, 0.15) is 18.4 Å². The van der Waals surface area contributed by atoms with Gasteiger partial charge in [0.2, 0.25) is 0 Å². The quantitative estimate of drug-likeness (QED) is 0.796. The minimum absolute atomic E-state index is 0.229. The minimum Gasteiger partial charge on any atom is -0.481 e. The van der Waals surface area contributed by atoms with Crippen molar-refractivity contribution in [2.45, 2.75) is 19.3 Å². The maximum Gasteiger partial charge on any atom is 0.307 e. The number of benzene rings is 1. The van der Waals surface area contributed by atoms with Gasteiger partial charge in [0.1, 0.15) is 5.82 Å². The van der Waals surface area contributed by atoms with Crippen molar-refractivity contribution < 1.29 is 24.2 Å². The molecule has 1 rings (SSSR count). The fourth-order valence-electron chi connectivity index (χ4n) is 1.52. The number of hydrogen-bond acceptors (Lipinski definition) is 2. The lowest BCUT2D eigenvalue weighted by molar-refractivity contribution is -0.148. The third-order valence-corrected chi connectivity index (χ3v) is 2.46. The SMILES string of the molecule is O=C(O)CC(CCc1ccc(F)cc1)C(=O)O. The Balaban J connectivity index is 2.54. The summed E-state index contributed by atoms with van der Waals surface area (Å²) >= 11 is 0. The number of aryl methyl sites for hydroxylation is 1. The van der Waals surface area contributed by atoms with Crippen molar-refractivity contribution in [2.24, 2.45) is 5.92 Å². The number of halogens is 1.